The summed E-state index contributed by atoms with van der Waals surface area (Å²) in [5.74, 6) is 0. The molecule has 7 heteroatoms. The van der Waals surface area contributed by atoms with Crippen molar-refractivity contribution in [2.24, 2.45) is 7.05 Å². The Labute approximate surface area is 95.6 Å². The van der Waals surface area contributed by atoms with Crippen LogP contribution in [0.5, 0.6) is 0 Å². The number of alkyl halides is 3. The fourth-order valence-electron chi connectivity index (χ4n) is 1.97. The average Bonchev–Trinajstić information content (AvgIpc) is 2.75. The van der Waals surface area contributed by atoms with E-state index in [1.807, 2.05) is 0 Å². The van der Waals surface area contributed by atoms with Crippen molar-refractivity contribution < 1.29 is 13.2 Å². The number of hydrogen-bond donors (Lipinski definition) is 1. The first-order valence-corrected chi connectivity index (χ1v) is 5.32. The maximum absolute atomic E-state index is 12.7. The quantitative estimate of drug-likeness (QED) is 0.834. The predicted molar refractivity (Wildman–Crippen MR) is 53.2 cm³/mol. The molecular weight excluding hydrogens is 243 g/mol. The Balaban J connectivity index is 2.48. The molecule has 0 radical (unpaired) electrons. The molecule has 1 aromatic heterocycles. The molecule has 1 saturated heterocycles. The van der Waals surface area contributed by atoms with E-state index < -0.39 is 11.9 Å². The van der Waals surface area contributed by atoms with Crippen molar-refractivity contribution in [3.63, 3.8) is 0 Å². The number of rotatable bonds is 1. The SMILES string of the molecule is Cn1nc(C(F)(F)F)c(C2CCCN2)c1Cl. The summed E-state index contributed by atoms with van der Waals surface area (Å²) in [7, 11) is 1.41. The molecule has 0 aliphatic carbocycles. The van der Waals surface area contributed by atoms with E-state index in [-0.39, 0.29) is 16.8 Å². The van der Waals surface area contributed by atoms with Gasteiger partial charge in [-0.2, -0.15) is 18.3 Å². The fraction of sp³-hybridized carbons (Fsp3) is 0.667. The lowest BCUT2D eigenvalue weighted by Gasteiger charge is -2.12. The molecule has 0 aromatic carbocycles. The molecule has 2 rings (SSSR count). The van der Waals surface area contributed by atoms with Gasteiger partial charge >= 0.3 is 6.18 Å². The van der Waals surface area contributed by atoms with Crippen LogP contribution in [0.2, 0.25) is 5.15 Å². The Morgan fingerprint density at radius 2 is 2.19 bits per heavy atom. The first-order chi connectivity index (χ1) is 7.41. The van der Waals surface area contributed by atoms with Crippen LogP contribution in [0.3, 0.4) is 0 Å². The third kappa shape index (κ3) is 1.91. The molecule has 1 unspecified atom stereocenters. The van der Waals surface area contributed by atoms with E-state index in [1.165, 1.54) is 7.05 Å². The highest BCUT2D eigenvalue weighted by molar-refractivity contribution is 6.30. The molecule has 1 aliphatic rings. The van der Waals surface area contributed by atoms with Crippen LogP contribution < -0.4 is 5.32 Å². The zero-order valence-corrected chi connectivity index (χ0v) is 9.36. The van der Waals surface area contributed by atoms with E-state index in [0.29, 0.717) is 13.0 Å². The summed E-state index contributed by atoms with van der Waals surface area (Å²) in [5, 5.41) is 6.51. The molecule has 1 aliphatic heterocycles. The van der Waals surface area contributed by atoms with Gasteiger partial charge in [0.25, 0.3) is 0 Å². The summed E-state index contributed by atoms with van der Waals surface area (Å²) >= 11 is 5.86. The van der Waals surface area contributed by atoms with Crippen molar-refractivity contribution in [2.75, 3.05) is 6.54 Å². The maximum atomic E-state index is 12.7. The molecular formula is C9H11ClF3N3. The number of nitrogens with zero attached hydrogens (tertiary/aromatic N) is 2. The van der Waals surface area contributed by atoms with E-state index in [4.69, 9.17) is 11.6 Å². The standard InChI is InChI=1S/C9H11ClF3N3/c1-16-8(10)6(5-3-2-4-14-5)7(15-16)9(11,12)13/h5,14H,2-4H2,1H3. The minimum absolute atomic E-state index is 0.0618. The van der Waals surface area contributed by atoms with Crippen molar-refractivity contribution in [3.05, 3.63) is 16.4 Å². The molecule has 1 N–H and O–H groups in total. The van der Waals surface area contributed by atoms with Crippen molar-refractivity contribution in [3.8, 4) is 0 Å². The molecule has 0 saturated carbocycles. The van der Waals surface area contributed by atoms with Crippen LogP contribution in [0.25, 0.3) is 0 Å². The zero-order chi connectivity index (χ0) is 11.9. The highest BCUT2D eigenvalue weighted by Crippen LogP contribution is 2.39. The lowest BCUT2D eigenvalue weighted by atomic mass is 10.1. The predicted octanol–water partition coefficient (Wildman–Crippen LogP) is 2.52. The first kappa shape index (κ1) is 11.7. The monoisotopic (exact) mass is 253 g/mol. The molecule has 16 heavy (non-hydrogen) atoms. The van der Waals surface area contributed by atoms with Gasteiger partial charge in [0.1, 0.15) is 5.15 Å². The van der Waals surface area contributed by atoms with Gasteiger partial charge in [0.15, 0.2) is 5.69 Å². The van der Waals surface area contributed by atoms with E-state index in [2.05, 4.69) is 10.4 Å². The molecule has 2 heterocycles. The average molecular weight is 254 g/mol. The second-order valence-corrected chi connectivity index (χ2v) is 4.18. The first-order valence-electron chi connectivity index (χ1n) is 4.94. The molecule has 0 amide bonds. The normalized spacial score (nSPS) is 21.7. The van der Waals surface area contributed by atoms with Crippen LogP contribution in [0.1, 0.15) is 30.1 Å². The summed E-state index contributed by atoms with van der Waals surface area (Å²) in [5.41, 5.74) is -0.798. The Morgan fingerprint density at radius 1 is 1.50 bits per heavy atom. The summed E-state index contributed by atoms with van der Waals surface area (Å²) < 4.78 is 39.3. The van der Waals surface area contributed by atoms with Gasteiger partial charge in [-0.05, 0) is 19.4 Å². The van der Waals surface area contributed by atoms with Gasteiger partial charge in [0, 0.05) is 18.7 Å². The molecule has 3 nitrogen and oxygen atoms in total. The van der Waals surface area contributed by atoms with E-state index in [9.17, 15) is 13.2 Å². The number of nitrogens with one attached hydrogen (secondary N) is 1. The summed E-state index contributed by atoms with van der Waals surface area (Å²) in [6.45, 7) is 0.715. The molecule has 1 fully saturated rings. The van der Waals surface area contributed by atoms with Gasteiger partial charge in [0.05, 0.1) is 0 Å². The number of aromatic nitrogens is 2. The Bertz CT molecular complexity index is 393. The van der Waals surface area contributed by atoms with Crippen molar-refractivity contribution in [1.29, 1.82) is 0 Å². The highest BCUT2D eigenvalue weighted by atomic mass is 35.5. The topological polar surface area (TPSA) is 29.9 Å². The fourth-order valence-corrected chi connectivity index (χ4v) is 2.23. The lowest BCUT2D eigenvalue weighted by Crippen LogP contribution is -2.18. The van der Waals surface area contributed by atoms with Crippen LogP contribution in [0.15, 0.2) is 0 Å². The second-order valence-electron chi connectivity index (χ2n) is 3.82. The summed E-state index contributed by atoms with van der Waals surface area (Å²) in [6, 6.07) is -0.335. The molecule has 0 bridgehead atoms. The molecule has 90 valence electrons. The van der Waals surface area contributed by atoms with Crippen LogP contribution in [0.4, 0.5) is 13.2 Å². The Hall–Kier alpha value is -0.750. The minimum Gasteiger partial charge on any atom is -0.310 e. The van der Waals surface area contributed by atoms with Crippen LogP contribution in [-0.2, 0) is 13.2 Å². The van der Waals surface area contributed by atoms with Crippen LogP contribution in [0, 0.1) is 0 Å². The minimum atomic E-state index is -4.45. The smallest absolute Gasteiger partial charge is 0.310 e. The second kappa shape index (κ2) is 3.92. The lowest BCUT2D eigenvalue weighted by molar-refractivity contribution is -0.142. The zero-order valence-electron chi connectivity index (χ0n) is 8.60. The van der Waals surface area contributed by atoms with Crippen molar-refractivity contribution in [2.45, 2.75) is 25.1 Å². The van der Waals surface area contributed by atoms with Crippen LogP contribution in [-0.4, -0.2) is 16.3 Å². The number of hydrogen-bond acceptors (Lipinski definition) is 2. The maximum Gasteiger partial charge on any atom is 0.435 e. The molecule has 1 atom stereocenters. The van der Waals surface area contributed by atoms with Gasteiger partial charge in [-0.3, -0.25) is 4.68 Å². The summed E-state index contributed by atoms with van der Waals surface area (Å²) in [6.07, 6.45) is -2.94. The number of halogens is 4. The molecule has 1 aromatic rings. The van der Waals surface area contributed by atoms with E-state index in [1.54, 1.807) is 0 Å². The van der Waals surface area contributed by atoms with Gasteiger partial charge in [-0.1, -0.05) is 11.6 Å². The third-order valence-electron chi connectivity index (χ3n) is 2.69. The van der Waals surface area contributed by atoms with Gasteiger partial charge in [-0.15, -0.1) is 0 Å². The van der Waals surface area contributed by atoms with Gasteiger partial charge in [-0.25, -0.2) is 0 Å². The number of aryl methyl sites for hydroxylation is 1. The van der Waals surface area contributed by atoms with E-state index in [0.717, 1.165) is 11.1 Å². The third-order valence-corrected chi connectivity index (χ3v) is 3.14. The van der Waals surface area contributed by atoms with Gasteiger partial charge < -0.3 is 5.32 Å². The Kier molecular flexibility index (Phi) is 2.88. The van der Waals surface area contributed by atoms with Crippen molar-refractivity contribution >= 4 is 11.6 Å². The van der Waals surface area contributed by atoms with Crippen molar-refractivity contribution in [1.82, 2.24) is 15.1 Å². The highest BCUT2D eigenvalue weighted by Gasteiger charge is 2.41. The Morgan fingerprint density at radius 3 is 2.69 bits per heavy atom. The van der Waals surface area contributed by atoms with Gasteiger partial charge in [0.2, 0.25) is 0 Å². The van der Waals surface area contributed by atoms with E-state index >= 15 is 0 Å². The molecule has 0 spiro atoms. The largest absolute Gasteiger partial charge is 0.435 e. The summed E-state index contributed by atoms with van der Waals surface area (Å²) in [4.78, 5) is 0. The van der Waals surface area contributed by atoms with Crippen LogP contribution >= 0.6 is 11.6 Å².